The second kappa shape index (κ2) is 6.30. The lowest BCUT2D eigenvalue weighted by atomic mass is 10.1. The summed E-state index contributed by atoms with van der Waals surface area (Å²) in [5.74, 6) is -1.30. The van der Waals surface area contributed by atoms with E-state index in [1.165, 1.54) is 17.9 Å². The number of esters is 1. The fraction of sp³-hybridized carbons (Fsp3) is 0.375. The maximum absolute atomic E-state index is 14.2. The number of rotatable bonds is 4. The van der Waals surface area contributed by atoms with Crippen LogP contribution in [0.3, 0.4) is 0 Å². The Bertz CT molecular complexity index is 896. The van der Waals surface area contributed by atoms with Crippen LogP contribution in [-0.4, -0.2) is 30.4 Å². The van der Waals surface area contributed by atoms with Crippen molar-refractivity contribution in [1.82, 2.24) is 4.57 Å². The number of nitrogens with zero attached hydrogens (tertiary/aromatic N) is 1. The highest BCUT2D eigenvalue weighted by Crippen LogP contribution is 2.43. The monoisotopic (exact) mass is 449 g/mol. The van der Waals surface area contributed by atoms with Gasteiger partial charge >= 0.3 is 5.97 Å². The molecule has 1 aromatic heterocycles. The van der Waals surface area contributed by atoms with Gasteiger partial charge in [0, 0.05) is 12.6 Å². The lowest BCUT2D eigenvalue weighted by Crippen LogP contribution is -2.21. The average molecular weight is 449 g/mol. The number of carbonyl (C=O) groups is 1. The first kappa shape index (κ1) is 17.1. The number of hydrogen-bond acceptors (Lipinski definition) is 4. The van der Waals surface area contributed by atoms with Crippen LogP contribution in [0.5, 0.6) is 5.75 Å². The normalized spacial score (nSPS) is 19.4. The first-order valence-electron chi connectivity index (χ1n) is 7.32. The van der Waals surface area contributed by atoms with Gasteiger partial charge in [-0.05, 0) is 35.6 Å². The minimum absolute atomic E-state index is 0.0329. The van der Waals surface area contributed by atoms with Crippen LogP contribution >= 0.6 is 22.6 Å². The third kappa shape index (κ3) is 2.66. The van der Waals surface area contributed by atoms with Gasteiger partial charge in [0.15, 0.2) is 5.75 Å². The summed E-state index contributed by atoms with van der Waals surface area (Å²) < 4.78 is 39.6. The van der Waals surface area contributed by atoms with Crippen LogP contribution in [0.2, 0.25) is 0 Å². The van der Waals surface area contributed by atoms with Crippen LogP contribution in [0.1, 0.15) is 29.7 Å². The van der Waals surface area contributed by atoms with Gasteiger partial charge < -0.3 is 14.0 Å². The van der Waals surface area contributed by atoms with Crippen molar-refractivity contribution in [2.45, 2.75) is 25.6 Å². The van der Waals surface area contributed by atoms with Gasteiger partial charge in [-0.2, -0.15) is 0 Å². The molecule has 5 nitrogen and oxygen atoms in total. The van der Waals surface area contributed by atoms with Crippen molar-refractivity contribution in [3.63, 3.8) is 0 Å². The van der Waals surface area contributed by atoms with Gasteiger partial charge in [-0.15, -0.1) is 0 Å². The molecule has 1 saturated carbocycles. The minimum Gasteiger partial charge on any atom is -0.493 e. The number of ether oxygens (including phenoxy) is 2. The molecule has 8 heteroatoms. The Labute approximate surface area is 149 Å². The lowest BCUT2D eigenvalue weighted by Gasteiger charge is -2.16. The molecule has 0 unspecified atom stereocenters. The molecule has 0 saturated heterocycles. The number of methoxy groups -OCH3 is 1. The van der Waals surface area contributed by atoms with Crippen molar-refractivity contribution in [3.8, 4) is 5.75 Å². The van der Waals surface area contributed by atoms with Gasteiger partial charge in [0.2, 0.25) is 5.43 Å². The molecular weight excluding hydrogens is 435 g/mol. The molecule has 1 fully saturated rings. The standard InChI is InChI=1S/C16H14F2INO4/c1-3-24-16(22)8-6-20(11-5-9(11)17)13-7(14(8)21)4-10(18)12(19)15(13)23-2/h4,6,9,11H,3,5H2,1-2H3/t9-,11+/m0/s1. The molecule has 0 amide bonds. The van der Waals surface area contributed by atoms with Gasteiger partial charge in [-0.1, -0.05) is 0 Å². The van der Waals surface area contributed by atoms with Crippen molar-refractivity contribution in [2.75, 3.05) is 13.7 Å². The van der Waals surface area contributed by atoms with Crippen LogP contribution in [-0.2, 0) is 4.74 Å². The molecule has 1 aromatic carbocycles. The molecule has 24 heavy (non-hydrogen) atoms. The summed E-state index contributed by atoms with van der Waals surface area (Å²) in [4.78, 5) is 24.7. The zero-order valence-electron chi connectivity index (χ0n) is 12.9. The van der Waals surface area contributed by atoms with Crippen LogP contribution in [0.25, 0.3) is 10.9 Å². The van der Waals surface area contributed by atoms with Crippen molar-refractivity contribution < 1.29 is 23.0 Å². The number of fused-ring (bicyclic) bond motifs is 1. The van der Waals surface area contributed by atoms with Gasteiger partial charge in [0.1, 0.15) is 17.6 Å². The van der Waals surface area contributed by atoms with Crippen molar-refractivity contribution in [1.29, 1.82) is 0 Å². The molecule has 0 N–H and O–H groups in total. The number of alkyl halides is 1. The molecule has 0 radical (unpaired) electrons. The zero-order valence-corrected chi connectivity index (χ0v) is 15.1. The topological polar surface area (TPSA) is 57.5 Å². The first-order valence-corrected chi connectivity index (χ1v) is 8.40. The molecule has 0 aliphatic heterocycles. The van der Waals surface area contributed by atoms with E-state index in [2.05, 4.69) is 0 Å². The Hall–Kier alpha value is -1.71. The summed E-state index contributed by atoms with van der Waals surface area (Å²) >= 11 is 1.77. The fourth-order valence-electron chi connectivity index (χ4n) is 2.67. The summed E-state index contributed by atoms with van der Waals surface area (Å²) in [5, 5.41) is -0.0329. The molecular formula is C16H14F2INO4. The second-order valence-electron chi connectivity index (χ2n) is 5.42. The van der Waals surface area contributed by atoms with E-state index in [-0.39, 0.29) is 38.8 Å². The van der Waals surface area contributed by atoms with Crippen molar-refractivity contribution in [2.24, 2.45) is 0 Å². The smallest absolute Gasteiger partial charge is 0.343 e. The largest absolute Gasteiger partial charge is 0.493 e. The zero-order chi connectivity index (χ0) is 17.6. The van der Waals surface area contributed by atoms with E-state index in [9.17, 15) is 18.4 Å². The van der Waals surface area contributed by atoms with Crippen LogP contribution in [0.15, 0.2) is 17.1 Å². The Morgan fingerprint density at radius 2 is 2.17 bits per heavy atom. The molecule has 0 spiro atoms. The summed E-state index contributed by atoms with van der Waals surface area (Å²) in [6, 6.07) is 0.535. The highest BCUT2D eigenvalue weighted by atomic mass is 127. The maximum Gasteiger partial charge on any atom is 0.343 e. The Morgan fingerprint density at radius 1 is 1.50 bits per heavy atom. The van der Waals surface area contributed by atoms with E-state index in [1.54, 1.807) is 29.5 Å². The first-order chi connectivity index (χ1) is 11.4. The maximum atomic E-state index is 14.2. The van der Waals surface area contributed by atoms with Crippen molar-refractivity contribution in [3.05, 3.63) is 37.4 Å². The van der Waals surface area contributed by atoms with Crippen LogP contribution < -0.4 is 10.2 Å². The fourth-order valence-corrected chi connectivity index (χ4v) is 3.30. The predicted octanol–water partition coefficient (Wildman–Crippen LogP) is 3.21. The van der Waals surface area contributed by atoms with E-state index in [4.69, 9.17) is 9.47 Å². The number of carbonyl (C=O) groups excluding carboxylic acids is 1. The van der Waals surface area contributed by atoms with E-state index in [0.29, 0.717) is 0 Å². The predicted molar refractivity (Wildman–Crippen MR) is 91.9 cm³/mol. The Balaban J connectivity index is 2.40. The molecule has 1 aliphatic carbocycles. The van der Waals surface area contributed by atoms with E-state index < -0.39 is 29.4 Å². The van der Waals surface area contributed by atoms with Gasteiger partial charge in [-0.25, -0.2) is 13.6 Å². The van der Waals surface area contributed by atoms with Crippen LogP contribution in [0.4, 0.5) is 8.78 Å². The molecule has 128 valence electrons. The summed E-state index contributed by atoms with van der Waals surface area (Å²) in [6.45, 7) is 1.71. The second-order valence-corrected chi connectivity index (χ2v) is 6.50. The molecule has 2 atom stereocenters. The molecule has 3 rings (SSSR count). The lowest BCUT2D eigenvalue weighted by molar-refractivity contribution is 0.0524. The number of hydrogen-bond donors (Lipinski definition) is 0. The van der Waals surface area contributed by atoms with Gasteiger partial charge in [0.05, 0.1) is 34.2 Å². The third-order valence-electron chi connectivity index (χ3n) is 3.90. The Morgan fingerprint density at radius 3 is 2.71 bits per heavy atom. The van der Waals surface area contributed by atoms with Gasteiger partial charge in [0.25, 0.3) is 0 Å². The van der Waals surface area contributed by atoms with Crippen molar-refractivity contribution >= 4 is 39.5 Å². The Kier molecular flexibility index (Phi) is 4.50. The van der Waals surface area contributed by atoms with Gasteiger partial charge in [-0.3, -0.25) is 4.79 Å². The minimum atomic E-state index is -1.09. The highest BCUT2D eigenvalue weighted by molar-refractivity contribution is 14.1. The number of pyridine rings is 1. The van der Waals surface area contributed by atoms with E-state index in [0.717, 1.165) is 6.07 Å². The summed E-state index contributed by atoms with van der Waals surface area (Å²) in [6.07, 6.45) is 0.457. The molecule has 2 aromatic rings. The molecule has 1 aliphatic rings. The average Bonchev–Trinajstić information content (AvgIpc) is 3.26. The number of aromatic nitrogens is 1. The molecule has 1 heterocycles. The third-order valence-corrected chi connectivity index (χ3v) is 4.91. The number of halogens is 3. The highest BCUT2D eigenvalue weighted by Gasteiger charge is 2.41. The molecule has 0 bridgehead atoms. The van der Waals surface area contributed by atoms with E-state index in [1.807, 2.05) is 0 Å². The SMILES string of the molecule is CCOC(=O)c1cn([C@@H]2C[C@@H]2F)c2c(OC)c(I)c(F)cc2c1=O. The van der Waals surface area contributed by atoms with E-state index >= 15 is 0 Å². The summed E-state index contributed by atoms with van der Waals surface area (Å²) in [7, 11) is 1.35. The summed E-state index contributed by atoms with van der Waals surface area (Å²) in [5.41, 5.74) is -0.623. The number of benzene rings is 1. The quantitative estimate of drug-likeness (QED) is 0.532. The van der Waals surface area contributed by atoms with Crippen LogP contribution in [0, 0.1) is 9.39 Å².